The topological polar surface area (TPSA) is 33.2 Å². The number of amides is 1. The Morgan fingerprint density at radius 1 is 1.60 bits per heavy atom. The van der Waals surface area contributed by atoms with Gasteiger partial charge in [0.15, 0.2) is 0 Å². The van der Waals surface area contributed by atoms with Crippen molar-refractivity contribution >= 4 is 17.5 Å². The molecule has 1 aromatic rings. The maximum Gasteiger partial charge on any atom is 0.224 e. The fourth-order valence-electron chi connectivity index (χ4n) is 1.75. The number of carbonyl (C=O) groups is 1. The van der Waals surface area contributed by atoms with Gasteiger partial charge in [-0.05, 0) is 18.1 Å². The van der Waals surface area contributed by atoms with E-state index in [2.05, 4.69) is 4.98 Å². The van der Waals surface area contributed by atoms with Gasteiger partial charge in [0, 0.05) is 31.9 Å². The lowest BCUT2D eigenvalue weighted by molar-refractivity contribution is -0.127. The number of nitrogens with zero attached hydrogens (tertiary/aromatic N) is 2. The van der Waals surface area contributed by atoms with Crippen LogP contribution < -0.4 is 0 Å². The number of hydrogen-bond donors (Lipinski definition) is 0. The van der Waals surface area contributed by atoms with Crippen molar-refractivity contribution in [1.82, 2.24) is 9.88 Å². The van der Waals surface area contributed by atoms with Gasteiger partial charge in [0.1, 0.15) is 0 Å². The molecule has 1 aromatic heterocycles. The molecule has 0 spiro atoms. The summed E-state index contributed by atoms with van der Waals surface area (Å²) in [6.07, 6.45) is 4.91. The van der Waals surface area contributed by atoms with Gasteiger partial charge in [-0.2, -0.15) is 0 Å². The maximum atomic E-state index is 11.4. The molecule has 0 radical (unpaired) electrons. The summed E-state index contributed by atoms with van der Waals surface area (Å²) in [5.74, 6) is 0.166. The van der Waals surface area contributed by atoms with E-state index in [9.17, 15) is 4.79 Å². The van der Waals surface area contributed by atoms with Crippen LogP contribution in [0.5, 0.6) is 0 Å². The largest absolute Gasteiger partial charge is 0.341 e. The number of hydrogen-bond acceptors (Lipinski definition) is 2. The fraction of sp³-hybridized carbons (Fsp3) is 0.455. The average molecular weight is 225 g/mol. The minimum Gasteiger partial charge on any atom is -0.341 e. The van der Waals surface area contributed by atoms with Crippen LogP contribution in [0.25, 0.3) is 0 Å². The lowest BCUT2D eigenvalue weighted by atomic mass is 10.2. The second-order valence-corrected chi connectivity index (χ2v) is 4.37. The molecule has 1 atom stereocenters. The molecule has 1 saturated heterocycles. The average Bonchev–Trinajstić information content (AvgIpc) is 2.56. The van der Waals surface area contributed by atoms with Crippen molar-refractivity contribution in [2.75, 3.05) is 13.1 Å². The van der Waals surface area contributed by atoms with Gasteiger partial charge in [-0.1, -0.05) is 6.07 Å². The number of pyridine rings is 1. The van der Waals surface area contributed by atoms with Gasteiger partial charge in [-0.3, -0.25) is 9.78 Å². The van der Waals surface area contributed by atoms with Gasteiger partial charge in [-0.25, -0.2) is 0 Å². The first kappa shape index (κ1) is 10.4. The second-order valence-electron chi connectivity index (χ2n) is 3.75. The molecule has 0 bridgehead atoms. The van der Waals surface area contributed by atoms with Gasteiger partial charge in [0.05, 0.1) is 5.38 Å². The summed E-state index contributed by atoms with van der Waals surface area (Å²) in [5.41, 5.74) is 1.16. The highest BCUT2D eigenvalue weighted by molar-refractivity contribution is 6.22. The Morgan fingerprint density at radius 3 is 3.07 bits per heavy atom. The molecule has 80 valence electrons. The van der Waals surface area contributed by atoms with Crippen LogP contribution in [-0.4, -0.2) is 34.3 Å². The molecule has 15 heavy (non-hydrogen) atoms. The van der Waals surface area contributed by atoms with E-state index >= 15 is 0 Å². The zero-order valence-electron chi connectivity index (χ0n) is 8.40. The van der Waals surface area contributed by atoms with Crippen LogP contribution in [0.1, 0.15) is 12.0 Å². The minimum absolute atomic E-state index is 0.00796. The van der Waals surface area contributed by atoms with Crippen LogP contribution in [0.4, 0.5) is 0 Å². The van der Waals surface area contributed by atoms with Crippen molar-refractivity contribution in [3.63, 3.8) is 0 Å². The smallest absolute Gasteiger partial charge is 0.224 e. The maximum absolute atomic E-state index is 11.4. The highest BCUT2D eigenvalue weighted by Crippen LogP contribution is 2.16. The van der Waals surface area contributed by atoms with E-state index in [1.807, 2.05) is 23.2 Å². The third-order valence-corrected chi connectivity index (χ3v) is 2.85. The first-order chi connectivity index (χ1) is 7.25. The van der Waals surface area contributed by atoms with Crippen molar-refractivity contribution < 1.29 is 4.79 Å². The molecule has 2 rings (SSSR count). The summed E-state index contributed by atoms with van der Waals surface area (Å²) in [5, 5.41) is -0.00796. The Bertz CT molecular complexity index is 342. The Labute approximate surface area is 94.1 Å². The first-order valence-corrected chi connectivity index (χ1v) is 5.50. The predicted molar refractivity (Wildman–Crippen MR) is 58.8 cm³/mol. The SMILES string of the molecule is O=C1CC(Cl)CN1CCc1cccnc1. The molecule has 1 aliphatic rings. The van der Waals surface area contributed by atoms with E-state index in [-0.39, 0.29) is 11.3 Å². The third kappa shape index (κ3) is 2.69. The van der Waals surface area contributed by atoms with E-state index in [1.54, 1.807) is 6.20 Å². The fourth-order valence-corrected chi connectivity index (χ4v) is 2.05. The number of rotatable bonds is 3. The van der Waals surface area contributed by atoms with E-state index in [1.165, 1.54) is 0 Å². The van der Waals surface area contributed by atoms with Gasteiger partial charge in [-0.15, -0.1) is 11.6 Å². The molecular weight excluding hydrogens is 212 g/mol. The van der Waals surface area contributed by atoms with Crippen molar-refractivity contribution in [2.24, 2.45) is 0 Å². The number of aromatic nitrogens is 1. The van der Waals surface area contributed by atoms with Crippen LogP contribution in [0, 0.1) is 0 Å². The summed E-state index contributed by atoms with van der Waals surface area (Å²) < 4.78 is 0. The molecule has 0 aromatic carbocycles. The van der Waals surface area contributed by atoms with Gasteiger partial charge >= 0.3 is 0 Å². The Morgan fingerprint density at radius 2 is 2.47 bits per heavy atom. The Balaban J connectivity index is 1.86. The zero-order chi connectivity index (χ0) is 10.7. The highest BCUT2D eigenvalue weighted by Gasteiger charge is 2.27. The molecule has 0 saturated carbocycles. The molecule has 2 heterocycles. The normalized spacial score (nSPS) is 21.0. The molecule has 0 aliphatic carbocycles. The quantitative estimate of drug-likeness (QED) is 0.729. The molecule has 1 aliphatic heterocycles. The van der Waals surface area contributed by atoms with Gasteiger partial charge in [0.2, 0.25) is 5.91 Å². The third-order valence-electron chi connectivity index (χ3n) is 2.56. The lowest BCUT2D eigenvalue weighted by Crippen LogP contribution is -2.27. The molecule has 1 amide bonds. The van der Waals surface area contributed by atoms with E-state index in [4.69, 9.17) is 11.6 Å². The van der Waals surface area contributed by atoms with E-state index in [0.29, 0.717) is 13.0 Å². The van der Waals surface area contributed by atoms with Crippen LogP contribution in [-0.2, 0) is 11.2 Å². The van der Waals surface area contributed by atoms with Crippen molar-refractivity contribution in [1.29, 1.82) is 0 Å². The summed E-state index contributed by atoms with van der Waals surface area (Å²) in [7, 11) is 0. The standard InChI is InChI=1S/C11H13ClN2O/c12-10-6-11(15)14(8-10)5-3-9-2-1-4-13-7-9/h1-2,4,7,10H,3,5-6,8H2. The van der Waals surface area contributed by atoms with Crippen molar-refractivity contribution in [2.45, 2.75) is 18.2 Å². The molecular formula is C11H13ClN2O. The molecule has 4 heteroatoms. The Kier molecular flexibility index (Phi) is 3.21. The summed E-state index contributed by atoms with van der Waals surface area (Å²) in [4.78, 5) is 17.3. The van der Waals surface area contributed by atoms with Gasteiger partial charge < -0.3 is 4.90 Å². The molecule has 0 N–H and O–H groups in total. The van der Waals surface area contributed by atoms with Crippen LogP contribution in [0.2, 0.25) is 0 Å². The van der Waals surface area contributed by atoms with Crippen LogP contribution >= 0.6 is 11.6 Å². The molecule has 1 unspecified atom stereocenters. The number of likely N-dealkylation sites (tertiary alicyclic amines) is 1. The summed E-state index contributed by atoms with van der Waals surface area (Å²) >= 11 is 5.91. The van der Waals surface area contributed by atoms with Crippen molar-refractivity contribution in [3.05, 3.63) is 30.1 Å². The van der Waals surface area contributed by atoms with Crippen LogP contribution in [0.3, 0.4) is 0 Å². The zero-order valence-corrected chi connectivity index (χ0v) is 9.15. The van der Waals surface area contributed by atoms with E-state index in [0.717, 1.165) is 18.5 Å². The monoisotopic (exact) mass is 224 g/mol. The number of halogens is 1. The first-order valence-electron chi connectivity index (χ1n) is 5.06. The van der Waals surface area contributed by atoms with Crippen molar-refractivity contribution in [3.8, 4) is 0 Å². The van der Waals surface area contributed by atoms with Crippen LogP contribution in [0.15, 0.2) is 24.5 Å². The van der Waals surface area contributed by atoms with E-state index < -0.39 is 0 Å². The summed E-state index contributed by atoms with van der Waals surface area (Å²) in [6, 6.07) is 3.93. The summed E-state index contributed by atoms with van der Waals surface area (Å²) in [6.45, 7) is 1.42. The number of carbonyl (C=O) groups excluding carboxylic acids is 1. The molecule has 3 nitrogen and oxygen atoms in total. The minimum atomic E-state index is -0.00796. The Hall–Kier alpha value is -1.09. The second kappa shape index (κ2) is 4.62. The molecule has 1 fully saturated rings. The number of alkyl halides is 1. The predicted octanol–water partition coefficient (Wildman–Crippen LogP) is 1.46. The van der Waals surface area contributed by atoms with Gasteiger partial charge in [0.25, 0.3) is 0 Å². The highest BCUT2D eigenvalue weighted by atomic mass is 35.5. The lowest BCUT2D eigenvalue weighted by Gasteiger charge is -2.15.